The number of rotatable bonds is 3. The minimum absolute atomic E-state index is 0.186. The van der Waals surface area contributed by atoms with Gasteiger partial charge in [-0.2, -0.15) is 0 Å². The molecule has 0 aliphatic carbocycles. The minimum Gasteiger partial charge on any atom is -0.437 e. The molecule has 0 amide bonds. The van der Waals surface area contributed by atoms with Crippen molar-refractivity contribution in [3.05, 3.63) is 64.9 Å². The van der Waals surface area contributed by atoms with Crippen molar-refractivity contribution >= 4 is 34.1 Å². The lowest BCUT2D eigenvalue weighted by Crippen LogP contribution is -1.95. The third kappa shape index (κ3) is 2.94. The van der Waals surface area contributed by atoms with Crippen molar-refractivity contribution in [1.82, 2.24) is 4.98 Å². The molecule has 0 aliphatic heterocycles. The quantitative estimate of drug-likeness (QED) is 0.589. The van der Waals surface area contributed by atoms with Gasteiger partial charge in [0.05, 0.1) is 16.4 Å². The average molecular weight is 322 g/mol. The Morgan fingerprint density at radius 1 is 1.10 bits per heavy atom. The maximum atomic E-state index is 13.1. The summed E-state index contributed by atoms with van der Waals surface area (Å²) in [6, 6.07) is 13.5. The lowest BCUT2D eigenvalue weighted by atomic mass is 10.2. The molecule has 0 radical (unpaired) electrons. The number of pyridine rings is 1. The standard InChI is InChI=1S/C16H10Cl2FNO/c17-9-11-7-10-3-1-2-4-14(10)20-16(11)21-15-6-5-12(19)8-13(15)18/h1-8H,9H2. The summed E-state index contributed by atoms with van der Waals surface area (Å²) < 4.78 is 18.8. The van der Waals surface area contributed by atoms with Crippen molar-refractivity contribution in [2.24, 2.45) is 0 Å². The highest BCUT2D eigenvalue weighted by atomic mass is 35.5. The third-order valence-corrected chi connectivity index (χ3v) is 3.59. The van der Waals surface area contributed by atoms with E-state index in [0.717, 1.165) is 16.5 Å². The Morgan fingerprint density at radius 2 is 1.90 bits per heavy atom. The minimum atomic E-state index is -0.420. The summed E-state index contributed by atoms with van der Waals surface area (Å²) in [4.78, 5) is 4.45. The number of benzene rings is 2. The first kappa shape index (κ1) is 14.1. The van der Waals surface area contributed by atoms with E-state index in [1.807, 2.05) is 30.3 Å². The Hall–Kier alpha value is -1.84. The first-order chi connectivity index (χ1) is 10.2. The van der Waals surface area contributed by atoms with Crippen LogP contribution in [0.15, 0.2) is 48.5 Å². The molecule has 0 saturated heterocycles. The molecule has 106 valence electrons. The smallest absolute Gasteiger partial charge is 0.224 e. The largest absolute Gasteiger partial charge is 0.437 e. The lowest BCUT2D eigenvalue weighted by molar-refractivity contribution is 0.459. The average Bonchev–Trinajstić information content (AvgIpc) is 2.49. The number of aromatic nitrogens is 1. The van der Waals surface area contributed by atoms with Crippen LogP contribution in [0.4, 0.5) is 4.39 Å². The van der Waals surface area contributed by atoms with Crippen LogP contribution in [0.1, 0.15) is 5.56 Å². The van der Waals surface area contributed by atoms with E-state index in [1.54, 1.807) is 0 Å². The van der Waals surface area contributed by atoms with E-state index in [0.29, 0.717) is 11.6 Å². The molecule has 0 bridgehead atoms. The zero-order valence-corrected chi connectivity index (χ0v) is 12.3. The second-order valence-corrected chi connectivity index (χ2v) is 5.13. The fourth-order valence-corrected chi connectivity index (χ4v) is 2.39. The van der Waals surface area contributed by atoms with Crippen molar-refractivity contribution in [2.45, 2.75) is 5.88 Å². The number of ether oxygens (including phenoxy) is 1. The van der Waals surface area contributed by atoms with Crippen LogP contribution < -0.4 is 4.74 Å². The first-order valence-corrected chi connectivity index (χ1v) is 7.16. The summed E-state index contributed by atoms with van der Waals surface area (Å²) in [5.74, 6) is 0.548. The van der Waals surface area contributed by atoms with Crippen molar-refractivity contribution in [3.8, 4) is 11.6 Å². The normalized spacial score (nSPS) is 10.8. The van der Waals surface area contributed by atoms with Gasteiger partial charge in [0.1, 0.15) is 11.6 Å². The summed E-state index contributed by atoms with van der Waals surface area (Å²) in [6.07, 6.45) is 0. The van der Waals surface area contributed by atoms with Gasteiger partial charge in [-0.1, -0.05) is 29.8 Å². The zero-order valence-electron chi connectivity index (χ0n) is 10.8. The highest BCUT2D eigenvalue weighted by Gasteiger charge is 2.11. The maximum absolute atomic E-state index is 13.1. The molecule has 1 heterocycles. The van der Waals surface area contributed by atoms with Crippen LogP contribution in [0.2, 0.25) is 5.02 Å². The Kier molecular flexibility index (Phi) is 3.95. The number of alkyl halides is 1. The summed E-state index contributed by atoms with van der Waals surface area (Å²) in [6.45, 7) is 0. The Labute approximate surface area is 131 Å². The number of nitrogens with zero attached hydrogens (tertiary/aromatic N) is 1. The molecule has 0 N–H and O–H groups in total. The number of hydrogen-bond acceptors (Lipinski definition) is 2. The molecule has 2 aromatic carbocycles. The third-order valence-electron chi connectivity index (χ3n) is 3.01. The number of hydrogen-bond donors (Lipinski definition) is 0. The molecule has 0 spiro atoms. The zero-order chi connectivity index (χ0) is 14.8. The van der Waals surface area contributed by atoms with Gasteiger partial charge >= 0.3 is 0 Å². The van der Waals surface area contributed by atoms with Gasteiger partial charge in [0.2, 0.25) is 5.88 Å². The molecule has 3 rings (SSSR count). The van der Waals surface area contributed by atoms with Crippen LogP contribution in [0, 0.1) is 5.82 Å². The van der Waals surface area contributed by atoms with E-state index in [4.69, 9.17) is 27.9 Å². The van der Waals surface area contributed by atoms with Crippen molar-refractivity contribution < 1.29 is 9.13 Å². The van der Waals surface area contributed by atoms with E-state index in [-0.39, 0.29) is 10.9 Å². The van der Waals surface area contributed by atoms with E-state index in [2.05, 4.69) is 4.98 Å². The molecule has 0 unspecified atom stereocenters. The molecule has 2 nitrogen and oxygen atoms in total. The van der Waals surface area contributed by atoms with E-state index >= 15 is 0 Å². The molecule has 1 aromatic heterocycles. The van der Waals surface area contributed by atoms with Crippen molar-refractivity contribution in [2.75, 3.05) is 0 Å². The highest BCUT2D eigenvalue weighted by Crippen LogP contribution is 2.32. The van der Waals surface area contributed by atoms with Crippen LogP contribution >= 0.6 is 23.2 Å². The highest BCUT2D eigenvalue weighted by molar-refractivity contribution is 6.32. The van der Waals surface area contributed by atoms with E-state index < -0.39 is 5.82 Å². The van der Waals surface area contributed by atoms with E-state index in [9.17, 15) is 4.39 Å². The molecule has 5 heteroatoms. The Balaban J connectivity index is 2.06. The van der Waals surface area contributed by atoms with Crippen molar-refractivity contribution in [3.63, 3.8) is 0 Å². The predicted molar refractivity (Wildman–Crippen MR) is 82.8 cm³/mol. The number of fused-ring (bicyclic) bond motifs is 1. The van der Waals surface area contributed by atoms with Crippen LogP contribution in [-0.4, -0.2) is 4.98 Å². The summed E-state index contributed by atoms with van der Waals surface area (Å²) in [5.41, 5.74) is 1.54. The Bertz CT molecular complexity index is 807. The molecular formula is C16H10Cl2FNO. The van der Waals surface area contributed by atoms with Gasteiger partial charge in [0, 0.05) is 10.9 Å². The van der Waals surface area contributed by atoms with Crippen LogP contribution in [-0.2, 0) is 5.88 Å². The second-order valence-electron chi connectivity index (χ2n) is 4.46. The monoisotopic (exact) mass is 321 g/mol. The van der Waals surface area contributed by atoms with Crippen LogP contribution in [0.25, 0.3) is 10.9 Å². The van der Waals surface area contributed by atoms with Gasteiger partial charge in [0.25, 0.3) is 0 Å². The van der Waals surface area contributed by atoms with Gasteiger partial charge in [-0.05, 0) is 30.3 Å². The van der Waals surface area contributed by atoms with E-state index in [1.165, 1.54) is 18.2 Å². The predicted octanol–water partition coefficient (Wildman–Crippen LogP) is 5.56. The molecule has 0 aliphatic rings. The summed E-state index contributed by atoms with van der Waals surface area (Å²) >= 11 is 11.9. The summed E-state index contributed by atoms with van der Waals surface area (Å²) in [7, 11) is 0. The number of para-hydroxylation sites is 1. The van der Waals surface area contributed by atoms with Crippen molar-refractivity contribution in [1.29, 1.82) is 0 Å². The van der Waals surface area contributed by atoms with Gasteiger partial charge in [-0.15, -0.1) is 11.6 Å². The fourth-order valence-electron chi connectivity index (χ4n) is 1.99. The molecular weight excluding hydrogens is 312 g/mol. The number of halogens is 3. The summed E-state index contributed by atoms with van der Waals surface area (Å²) in [5, 5.41) is 1.16. The fraction of sp³-hybridized carbons (Fsp3) is 0.0625. The second kappa shape index (κ2) is 5.88. The lowest BCUT2D eigenvalue weighted by Gasteiger charge is -2.11. The topological polar surface area (TPSA) is 22.1 Å². The molecule has 21 heavy (non-hydrogen) atoms. The van der Waals surface area contributed by atoms with Gasteiger partial charge < -0.3 is 4.74 Å². The first-order valence-electron chi connectivity index (χ1n) is 6.25. The maximum Gasteiger partial charge on any atom is 0.224 e. The van der Waals surface area contributed by atoms with Crippen LogP contribution in [0.5, 0.6) is 11.6 Å². The van der Waals surface area contributed by atoms with Gasteiger partial charge in [0.15, 0.2) is 0 Å². The molecule has 0 fully saturated rings. The Morgan fingerprint density at radius 3 is 2.67 bits per heavy atom. The molecule has 0 saturated carbocycles. The molecule has 3 aromatic rings. The molecule has 0 atom stereocenters. The van der Waals surface area contributed by atoms with Gasteiger partial charge in [-0.25, -0.2) is 9.37 Å². The van der Waals surface area contributed by atoms with Gasteiger partial charge in [-0.3, -0.25) is 0 Å². The SMILES string of the molecule is Fc1ccc(Oc2nc3ccccc3cc2CCl)c(Cl)c1. The van der Waals surface area contributed by atoms with Crippen LogP contribution in [0.3, 0.4) is 0 Å².